The summed E-state index contributed by atoms with van der Waals surface area (Å²) in [4.78, 5) is 0. The lowest BCUT2D eigenvalue weighted by Gasteiger charge is -2.01. The van der Waals surface area contributed by atoms with Gasteiger partial charge >= 0.3 is 0 Å². The minimum absolute atomic E-state index is 1.06. The Hall–Kier alpha value is -2.00. The van der Waals surface area contributed by atoms with E-state index >= 15 is 0 Å². The SMILES string of the molecule is Cc1cccc(C#Cc2ccccc2)c1C. The molecule has 0 aliphatic rings. The van der Waals surface area contributed by atoms with Gasteiger partial charge in [-0.3, -0.25) is 0 Å². The third-order valence-corrected chi connectivity index (χ3v) is 2.72. The highest BCUT2D eigenvalue weighted by Crippen LogP contribution is 2.11. The predicted octanol–water partition coefficient (Wildman–Crippen LogP) is 3.70. The van der Waals surface area contributed by atoms with Gasteiger partial charge in [-0.25, -0.2) is 0 Å². The van der Waals surface area contributed by atoms with Gasteiger partial charge in [0.1, 0.15) is 0 Å². The topological polar surface area (TPSA) is 0 Å². The monoisotopic (exact) mass is 206 g/mol. The van der Waals surface area contributed by atoms with Gasteiger partial charge in [-0.2, -0.15) is 0 Å². The van der Waals surface area contributed by atoms with Gasteiger partial charge in [0, 0.05) is 11.1 Å². The fraction of sp³-hybridized carbons (Fsp3) is 0.125. The molecule has 0 aromatic heterocycles. The first kappa shape index (κ1) is 10.5. The summed E-state index contributed by atoms with van der Waals surface area (Å²) in [6, 6.07) is 16.3. The summed E-state index contributed by atoms with van der Waals surface area (Å²) < 4.78 is 0. The van der Waals surface area contributed by atoms with Crippen LogP contribution in [0.5, 0.6) is 0 Å². The normalized spacial score (nSPS) is 9.38. The zero-order valence-corrected chi connectivity index (χ0v) is 9.62. The van der Waals surface area contributed by atoms with Crippen LogP contribution >= 0.6 is 0 Å². The number of benzene rings is 2. The maximum absolute atomic E-state index is 3.22. The molecule has 78 valence electrons. The van der Waals surface area contributed by atoms with Crippen LogP contribution in [0.25, 0.3) is 0 Å². The second kappa shape index (κ2) is 4.68. The molecule has 0 bridgehead atoms. The lowest BCUT2D eigenvalue weighted by Crippen LogP contribution is -1.85. The maximum Gasteiger partial charge on any atom is 0.0280 e. The average molecular weight is 206 g/mol. The van der Waals surface area contributed by atoms with Crippen molar-refractivity contribution in [3.05, 3.63) is 70.8 Å². The van der Waals surface area contributed by atoms with Crippen molar-refractivity contribution in [2.24, 2.45) is 0 Å². The Morgan fingerprint density at radius 3 is 2.25 bits per heavy atom. The second-order valence-electron chi connectivity index (χ2n) is 3.86. The molecule has 16 heavy (non-hydrogen) atoms. The quantitative estimate of drug-likeness (QED) is 0.576. The van der Waals surface area contributed by atoms with Gasteiger partial charge in [0.15, 0.2) is 0 Å². The Balaban J connectivity index is 2.35. The van der Waals surface area contributed by atoms with E-state index in [9.17, 15) is 0 Å². The Bertz CT molecular complexity index is 539. The highest BCUT2D eigenvalue weighted by molar-refractivity contribution is 5.48. The van der Waals surface area contributed by atoms with Gasteiger partial charge in [0.2, 0.25) is 0 Å². The van der Waals surface area contributed by atoms with Crippen LogP contribution in [0.15, 0.2) is 48.5 Å². The van der Waals surface area contributed by atoms with Crippen LogP contribution in [0.2, 0.25) is 0 Å². The van der Waals surface area contributed by atoms with E-state index in [-0.39, 0.29) is 0 Å². The van der Waals surface area contributed by atoms with Crippen molar-refractivity contribution >= 4 is 0 Å². The van der Waals surface area contributed by atoms with E-state index in [1.54, 1.807) is 0 Å². The third kappa shape index (κ3) is 2.32. The van der Waals surface area contributed by atoms with E-state index in [1.807, 2.05) is 30.3 Å². The van der Waals surface area contributed by atoms with Crippen molar-refractivity contribution in [1.29, 1.82) is 0 Å². The van der Waals surface area contributed by atoms with E-state index in [0.717, 1.165) is 11.1 Å². The molecule has 0 radical (unpaired) electrons. The highest BCUT2D eigenvalue weighted by atomic mass is 14.0. The van der Waals surface area contributed by atoms with Crippen molar-refractivity contribution in [3.63, 3.8) is 0 Å². The van der Waals surface area contributed by atoms with Crippen molar-refractivity contribution in [1.82, 2.24) is 0 Å². The van der Waals surface area contributed by atoms with Gasteiger partial charge in [0.05, 0.1) is 0 Å². The molecule has 2 aromatic carbocycles. The van der Waals surface area contributed by atoms with Gasteiger partial charge in [-0.1, -0.05) is 42.2 Å². The number of hydrogen-bond acceptors (Lipinski definition) is 0. The lowest BCUT2D eigenvalue weighted by atomic mass is 10.0. The number of aryl methyl sites for hydroxylation is 1. The summed E-state index contributed by atoms with van der Waals surface area (Å²) in [7, 11) is 0. The van der Waals surface area contributed by atoms with E-state index in [2.05, 4.69) is 43.9 Å². The van der Waals surface area contributed by atoms with E-state index < -0.39 is 0 Å². The molecule has 0 saturated carbocycles. The van der Waals surface area contributed by atoms with Crippen molar-refractivity contribution in [3.8, 4) is 11.8 Å². The van der Waals surface area contributed by atoms with E-state index in [1.165, 1.54) is 11.1 Å². The Morgan fingerprint density at radius 1 is 0.750 bits per heavy atom. The predicted molar refractivity (Wildman–Crippen MR) is 68.3 cm³/mol. The summed E-state index contributed by atoms with van der Waals surface area (Å²) in [5.74, 6) is 6.40. The molecular weight excluding hydrogens is 192 g/mol. The second-order valence-corrected chi connectivity index (χ2v) is 3.86. The third-order valence-electron chi connectivity index (χ3n) is 2.72. The van der Waals surface area contributed by atoms with Crippen LogP contribution in [-0.4, -0.2) is 0 Å². The summed E-state index contributed by atoms with van der Waals surface area (Å²) in [6.07, 6.45) is 0. The fourth-order valence-electron chi connectivity index (χ4n) is 1.55. The van der Waals surface area contributed by atoms with Gasteiger partial charge in [0.25, 0.3) is 0 Å². The summed E-state index contributed by atoms with van der Waals surface area (Å²) in [5.41, 5.74) is 4.73. The zero-order chi connectivity index (χ0) is 11.4. The van der Waals surface area contributed by atoms with Gasteiger partial charge < -0.3 is 0 Å². The van der Waals surface area contributed by atoms with Gasteiger partial charge in [-0.05, 0) is 43.2 Å². The molecule has 0 spiro atoms. The summed E-state index contributed by atoms with van der Waals surface area (Å²) in [6.45, 7) is 4.23. The molecule has 2 aromatic rings. The van der Waals surface area contributed by atoms with Crippen LogP contribution in [0.4, 0.5) is 0 Å². The number of hydrogen-bond donors (Lipinski definition) is 0. The van der Waals surface area contributed by atoms with Crippen LogP contribution in [0.1, 0.15) is 22.3 Å². The molecule has 0 fully saturated rings. The standard InChI is InChI=1S/C16H14/c1-13-7-6-10-16(14(13)2)12-11-15-8-4-3-5-9-15/h3-10H,1-2H3. The molecule has 2 rings (SSSR count). The minimum atomic E-state index is 1.06. The molecule has 0 unspecified atom stereocenters. The lowest BCUT2D eigenvalue weighted by molar-refractivity contribution is 1.32. The van der Waals surface area contributed by atoms with Crippen LogP contribution in [-0.2, 0) is 0 Å². The summed E-state index contributed by atoms with van der Waals surface area (Å²) >= 11 is 0. The fourth-order valence-corrected chi connectivity index (χ4v) is 1.55. The molecule has 0 nitrogen and oxygen atoms in total. The van der Waals surface area contributed by atoms with E-state index in [4.69, 9.17) is 0 Å². The first-order chi connectivity index (χ1) is 7.77. The molecule has 0 N–H and O–H groups in total. The maximum atomic E-state index is 3.22. The Morgan fingerprint density at radius 2 is 1.50 bits per heavy atom. The largest absolute Gasteiger partial charge is 0.0622 e. The molecule has 0 saturated heterocycles. The Kier molecular flexibility index (Phi) is 3.08. The number of rotatable bonds is 0. The minimum Gasteiger partial charge on any atom is -0.0622 e. The van der Waals surface area contributed by atoms with Crippen molar-refractivity contribution in [2.45, 2.75) is 13.8 Å². The van der Waals surface area contributed by atoms with E-state index in [0.29, 0.717) is 0 Å². The molecular formula is C16H14. The molecule has 0 heteroatoms. The molecule has 0 heterocycles. The molecule has 0 atom stereocenters. The Labute approximate surface area is 96.9 Å². The molecule has 0 aliphatic carbocycles. The average Bonchev–Trinajstić information content (AvgIpc) is 2.32. The van der Waals surface area contributed by atoms with Crippen LogP contribution < -0.4 is 0 Å². The smallest absolute Gasteiger partial charge is 0.0280 e. The summed E-state index contributed by atoms with van der Waals surface area (Å²) in [5, 5.41) is 0. The van der Waals surface area contributed by atoms with Gasteiger partial charge in [-0.15, -0.1) is 0 Å². The zero-order valence-electron chi connectivity index (χ0n) is 9.62. The van der Waals surface area contributed by atoms with Crippen molar-refractivity contribution < 1.29 is 0 Å². The molecule has 0 amide bonds. The van der Waals surface area contributed by atoms with Crippen LogP contribution in [0, 0.1) is 25.7 Å². The highest BCUT2D eigenvalue weighted by Gasteiger charge is 1.96. The first-order valence-electron chi connectivity index (χ1n) is 5.40. The van der Waals surface area contributed by atoms with Crippen LogP contribution in [0.3, 0.4) is 0 Å². The molecule has 0 aliphatic heterocycles. The van der Waals surface area contributed by atoms with Crippen molar-refractivity contribution in [2.75, 3.05) is 0 Å². The first-order valence-corrected chi connectivity index (χ1v) is 5.40.